The standard InChI is InChI=1S/C24H21ClN4O4S/c1-18-22(25)8-5-9-23(18)29(34(31,32)21-6-3-2-4-7-21)17-24(30)28-27-16-19-10-12-20(13-11-19)33-15-14-26/h2-13,16H,15,17H2,1H3,(H,28,30)/b27-16-. The molecule has 3 aromatic rings. The Labute approximate surface area is 203 Å². The average Bonchev–Trinajstić information content (AvgIpc) is 2.84. The number of nitriles is 1. The highest BCUT2D eigenvalue weighted by Gasteiger charge is 2.28. The summed E-state index contributed by atoms with van der Waals surface area (Å²) in [5, 5.41) is 12.8. The van der Waals surface area contributed by atoms with Crippen LogP contribution in [-0.2, 0) is 14.8 Å². The number of rotatable bonds is 9. The van der Waals surface area contributed by atoms with Crippen molar-refractivity contribution in [1.29, 1.82) is 5.26 Å². The van der Waals surface area contributed by atoms with Crippen molar-refractivity contribution in [3.05, 3.63) is 88.9 Å². The maximum atomic E-state index is 13.4. The Bertz CT molecular complexity index is 1320. The molecular formula is C24H21ClN4O4S. The fourth-order valence-electron chi connectivity index (χ4n) is 3.00. The number of anilines is 1. The maximum Gasteiger partial charge on any atom is 0.264 e. The minimum Gasteiger partial charge on any atom is -0.479 e. The first-order valence-corrected chi connectivity index (χ1v) is 11.9. The van der Waals surface area contributed by atoms with Gasteiger partial charge in [0.2, 0.25) is 0 Å². The summed E-state index contributed by atoms with van der Waals surface area (Å²) in [6, 6.07) is 21.3. The van der Waals surface area contributed by atoms with Crippen molar-refractivity contribution < 1.29 is 17.9 Å². The normalized spacial score (nSPS) is 11.1. The molecule has 0 aromatic heterocycles. The van der Waals surface area contributed by atoms with Gasteiger partial charge in [-0.25, -0.2) is 13.8 Å². The van der Waals surface area contributed by atoms with E-state index in [4.69, 9.17) is 21.6 Å². The topological polar surface area (TPSA) is 112 Å². The summed E-state index contributed by atoms with van der Waals surface area (Å²) < 4.78 is 32.9. The molecule has 174 valence electrons. The predicted molar refractivity (Wildman–Crippen MR) is 130 cm³/mol. The number of amides is 1. The number of hydrazone groups is 1. The number of nitrogens with one attached hydrogen (secondary N) is 1. The third-order valence-electron chi connectivity index (χ3n) is 4.71. The zero-order valence-electron chi connectivity index (χ0n) is 18.2. The van der Waals surface area contributed by atoms with Crippen LogP contribution in [-0.4, -0.2) is 33.7 Å². The van der Waals surface area contributed by atoms with Gasteiger partial charge in [-0.05, 0) is 66.6 Å². The maximum absolute atomic E-state index is 13.4. The van der Waals surface area contributed by atoms with Crippen LogP contribution in [0.25, 0.3) is 0 Å². The van der Waals surface area contributed by atoms with E-state index in [2.05, 4.69) is 10.5 Å². The van der Waals surface area contributed by atoms with E-state index in [1.54, 1.807) is 67.6 Å². The Morgan fingerprint density at radius 3 is 2.50 bits per heavy atom. The molecule has 0 aliphatic carbocycles. The van der Waals surface area contributed by atoms with Crippen molar-refractivity contribution in [3.8, 4) is 11.8 Å². The zero-order valence-corrected chi connectivity index (χ0v) is 19.8. The van der Waals surface area contributed by atoms with E-state index in [9.17, 15) is 13.2 Å². The van der Waals surface area contributed by atoms with Crippen LogP contribution in [0.5, 0.6) is 5.75 Å². The summed E-state index contributed by atoms with van der Waals surface area (Å²) >= 11 is 6.21. The molecule has 34 heavy (non-hydrogen) atoms. The highest BCUT2D eigenvalue weighted by atomic mass is 35.5. The fourth-order valence-corrected chi connectivity index (χ4v) is 4.66. The lowest BCUT2D eigenvalue weighted by atomic mass is 10.2. The molecule has 1 N–H and O–H groups in total. The number of sulfonamides is 1. The largest absolute Gasteiger partial charge is 0.479 e. The first-order valence-electron chi connectivity index (χ1n) is 10.1. The average molecular weight is 497 g/mol. The van der Waals surface area contributed by atoms with Gasteiger partial charge < -0.3 is 4.74 Å². The van der Waals surface area contributed by atoms with Crippen molar-refractivity contribution in [3.63, 3.8) is 0 Å². The number of ether oxygens (including phenoxy) is 1. The van der Waals surface area contributed by atoms with Gasteiger partial charge in [-0.2, -0.15) is 10.4 Å². The SMILES string of the molecule is Cc1c(Cl)cccc1N(CC(=O)N/N=C\c1ccc(OCC#N)cc1)S(=O)(=O)c1ccccc1. The van der Waals surface area contributed by atoms with Gasteiger partial charge in [-0.15, -0.1) is 0 Å². The van der Waals surface area contributed by atoms with Crippen LogP contribution in [0.3, 0.4) is 0 Å². The van der Waals surface area contributed by atoms with Crippen molar-refractivity contribution in [2.45, 2.75) is 11.8 Å². The Morgan fingerprint density at radius 1 is 1.12 bits per heavy atom. The van der Waals surface area contributed by atoms with Crippen LogP contribution in [0.4, 0.5) is 5.69 Å². The first kappa shape index (κ1) is 24.8. The molecule has 8 nitrogen and oxygen atoms in total. The van der Waals surface area contributed by atoms with E-state index < -0.39 is 22.5 Å². The predicted octanol–water partition coefficient (Wildman–Crippen LogP) is 3.90. The van der Waals surface area contributed by atoms with Gasteiger partial charge >= 0.3 is 0 Å². The second kappa shape index (κ2) is 11.3. The van der Waals surface area contributed by atoms with Crippen molar-refractivity contribution in [2.24, 2.45) is 5.10 Å². The Kier molecular flexibility index (Phi) is 8.24. The van der Waals surface area contributed by atoms with Crippen LogP contribution in [0.2, 0.25) is 5.02 Å². The van der Waals surface area contributed by atoms with Crippen LogP contribution in [0, 0.1) is 18.3 Å². The van der Waals surface area contributed by atoms with E-state index in [0.29, 0.717) is 27.6 Å². The molecule has 0 bridgehead atoms. The van der Waals surface area contributed by atoms with E-state index in [-0.39, 0.29) is 11.5 Å². The third-order valence-corrected chi connectivity index (χ3v) is 6.90. The summed E-state index contributed by atoms with van der Waals surface area (Å²) in [5.74, 6) is -0.106. The quantitative estimate of drug-likeness (QED) is 0.356. The van der Waals surface area contributed by atoms with Gasteiger partial charge in [0.25, 0.3) is 15.9 Å². The molecule has 1 amide bonds. The third kappa shape index (κ3) is 6.13. The number of benzene rings is 3. The van der Waals surface area contributed by atoms with Gasteiger partial charge in [-0.1, -0.05) is 35.9 Å². The van der Waals surface area contributed by atoms with Crippen LogP contribution in [0.15, 0.2) is 82.8 Å². The number of carbonyl (C=O) groups excluding carboxylic acids is 1. The fraction of sp³-hybridized carbons (Fsp3) is 0.125. The number of hydrogen-bond acceptors (Lipinski definition) is 6. The lowest BCUT2D eigenvalue weighted by molar-refractivity contribution is -0.119. The monoisotopic (exact) mass is 496 g/mol. The molecule has 0 saturated carbocycles. The van der Waals surface area contributed by atoms with Gasteiger partial charge in [0.15, 0.2) is 6.61 Å². The molecule has 0 aliphatic heterocycles. The Hall–Kier alpha value is -3.87. The van der Waals surface area contributed by atoms with E-state index in [1.165, 1.54) is 18.3 Å². The van der Waals surface area contributed by atoms with E-state index >= 15 is 0 Å². The van der Waals surface area contributed by atoms with Gasteiger partial charge in [-0.3, -0.25) is 9.10 Å². The molecule has 0 fully saturated rings. The van der Waals surface area contributed by atoms with Crippen molar-refractivity contribution in [1.82, 2.24) is 5.43 Å². The summed E-state index contributed by atoms with van der Waals surface area (Å²) in [4.78, 5) is 12.7. The Morgan fingerprint density at radius 2 is 1.82 bits per heavy atom. The smallest absolute Gasteiger partial charge is 0.264 e. The number of carbonyl (C=O) groups is 1. The zero-order chi connectivity index (χ0) is 24.6. The van der Waals surface area contributed by atoms with Crippen molar-refractivity contribution in [2.75, 3.05) is 17.5 Å². The second-order valence-corrected chi connectivity index (χ2v) is 9.29. The molecular weight excluding hydrogens is 476 g/mol. The minimum atomic E-state index is -4.05. The molecule has 10 heteroatoms. The number of halogens is 1. The first-order chi connectivity index (χ1) is 16.3. The van der Waals surface area contributed by atoms with Gasteiger partial charge in [0.05, 0.1) is 16.8 Å². The molecule has 3 rings (SSSR count). The van der Waals surface area contributed by atoms with E-state index in [0.717, 1.165) is 4.31 Å². The summed E-state index contributed by atoms with van der Waals surface area (Å²) in [6.07, 6.45) is 1.41. The molecule has 0 saturated heterocycles. The lowest BCUT2D eigenvalue weighted by Crippen LogP contribution is -2.40. The van der Waals surface area contributed by atoms with Crippen molar-refractivity contribution >= 4 is 39.4 Å². The molecule has 0 unspecified atom stereocenters. The molecule has 3 aromatic carbocycles. The highest BCUT2D eigenvalue weighted by molar-refractivity contribution is 7.92. The molecule has 0 spiro atoms. The Balaban J connectivity index is 1.79. The molecule has 0 atom stereocenters. The van der Waals surface area contributed by atoms with Gasteiger partial charge in [0.1, 0.15) is 18.4 Å². The number of hydrogen-bond donors (Lipinski definition) is 1. The van der Waals surface area contributed by atoms with Gasteiger partial charge in [0, 0.05) is 5.02 Å². The summed E-state index contributed by atoms with van der Waals surface area (Å²) in [5.41, 5.74) is 3.85. The molecule has 0 heterocycles. The summed E-state index contributed by atoms with van der Waals surface area (Å²) in [7, 11) is -4.05. The van der Waals surface area contributed by atoms with E-state index in [1.807, 2.05) is 6.07 Å². The lowest BCUT2D eigenvalue weighted by Gasteiger charge is -2.25. The van der Waals surface area contributed by atoms with Crippen LogP contribution < -0.4 is 14.5 Å². The number of nitrogens with zero attached hydrogens (tertiary/aromatic N) is 3. The van der Waals surface area contributed by atoms with Crippen LogP contribution in [0.1, 0.15) is 11.1 Å². The highest BCUT2D eigenvalue weighted by Crippen LogP contribution is 2.30. The minimum absolute atomic E-state index is 0.0457. The molecule has 0 aliphatic rings. The van der Waals surface area contributed by atoms with Crippen LogP contribution >= 0.6 is 11.6 Å². The molecule has 0 radical (unpaired) electrons. The summed E-state index contributed by atoms with van der Waals surface area (Å²) in [6.45, 7) is 1.12. The second-order valence-electron chi connectivity index (χ2n) is 7.02.